The van der Waals surface area contributed by atoms with Crippen LogP contribution in [0.5, 0.6) is 5.88 Å². The molecule has 0 aliphatic carbocycles. The predicted molar refractivity (Wildman–Crippen MR) is 152 cm³/mol. The number of carbonyl (C=O) groups excluding carboxylic acids is 1. The third-order valence-corrected chi connectivity index (χ3v) is 7.35. The first-order chi connectivity index (χ1) is 19.0. The first kappa shape index (κ1) is 26.7. The van der Waals surface area contributed by atoms with Gasteiger partial charge < -0.3 is 30.6 Å². The second kappa shape index (κ2) is 12.7. The predicted octanol–water partition coefficient (Wildman–Crippen LogP) is 3.19. The zero-order valence-corrected chi connectivity index (χ0v) is 22.6. The van der Waals surface area contributed by atoms with Crippen LogP contribution in [-0.2, 0) is 17.8 Å². The van der Waals surface area contributed by atoms with Gasteiger partial charge in [-0.15, -0.1) is 0 Å². The Morgan fingerprint density at radius 3 is 2.72 bits per heavy atom. The summed E-state index contributed by atoms with van der Waals surface area (Å²) < 4.78 is 6.22. The molecule has 3 heterocycles. The van der Waals surface area contributed by atoms with Crippen molar-refractivity contribution in [1.82, 2.24) is 24.8 Å². The van der Waals surface area contributed by atoms with Crippen LogP contribution in [0, 0.1) is 0 Å². The van der Waals surface area contributed by atoms with Crippen LogP contribution in [0.15, 0.2) is 83.1 Å². The molecule has 39 heavy (non-hydrogen) atoms. The van der Waals surface area contributed by atoms with Crippen molar-refractivity contribution in [1.29, 1.82) is 0 Å². The highest BCUT2D eigenvalue weighted by Gasteiger charge is 2.20. The summed E-state index contributed by atoms with van der Waals surface area (Å²) in [5.74, 6) is 0.928. The Kier molecular flexibility index (Phi) is 8.71. The van der Waals surface area contributed by atoms with E-state index < -0.39 is 6.04 Å². The third kappa shape index (κ3) is 7.34. The highest BCUT2D eigenvalue weighted by atomic mass is 32.2. The molecule has 2 aromatic heterocycles. The van der Waals surface area contributed by atoms with Crippen molar-refractivity contribution in [2.45, 2.75) is 28.9 Å². The van der Waals surface area contributed by atoms with Gasteiger partial charge in [-0.1, -0.05) is 48.2 Å². The van der Waals surface area contributed by atoms with Crippen molar-refractivity contribution in [2.24, 2.45) is 5.73 Å². The Bertz CT molecular complexity index is 1360. The quantitative estimate of drug-likeness (QED) is 0.276. The molecule has 0 bridgehead atoms. The van der Waals surface area contributed by atoms with Gasteiger partial charge in [0.1, 0.15) is 6.61 Å². The lowest BCUT2D eigenvalue weighted by Gasteiger charge is -2.32. The highest BCUT2D eigenvalue weighted by molar-refractivity contribution is 7.99. The van der Waals surface area contributed by atoms with E-state index in [2.05, 4.69) is 37.1 Å². The van der Waals surface area contributed by atoms with Gasteiger partial charge in [-0.25, -0.2) is 9.97 Å². The summed E-state index contributed by atoms with van der Waals surface area (Å²) in [6, 6.07) is 16.9. The number of nitrogens with zero attached hydrogens (tertiary/aromatic N) is 5. The zero-order valence-electron chi connectivity index (χ0n) is 21.8. The summed E-state index contributed by atoms with van der Waals surface area (Å²) >= 11 is 1.49. The summed E-state index contributed by atoms with van der Waals surface area (Å²) in [4.78, 5) is 35.4. The molecule has 1 amide bonds. The third-order valence-electron chi connectivity index (χ3n) is 6.36. The van der Waals surface area contributed by atoms with Crippen molar-refractivity contribution in [3.63, 3.8) is 0 Å². The van der Waals surface area contributed by atoms with Gasteiger partial charge in [0.25, 0.3) is 0 Å². The minimum atomic E-state index is -0.710. The van der Waals surface area contributed by atoms with Crippen molar-refractivity contribution >= 4 is 29.3 Å². The Balaban J connectivity index is 1.31. The second-order valence-electron chi connectivity index (χ2n) is 9.39. The van der Waals surface area contributed by atoms with E-state index in [-0.39, 0.29) is 5.91 Å². The molecule has 0 spiro atoms. The minimum absolute atomic E-state index is 0.271. The molecule has 1 unspecified atom stereocenters. The fourth-order valence-corrected chi connectivity index (χ4v) is 5.01. The number of hydrogen-bond acceptors (Lipinski definition) is 9. The van der Waals surface area contributed by atoms with Crippen LogP contribution in [0.4, 0.5) is 11.6 Å². The molecule has 202 valence electrons. The molecule has 0 saturated carbocycles. The lowest BCUT2D eigenvalue weighted by atomic mass is 10.1. The molecule has 1 saturated heterocycles. The van der Waals surface area contributed by atoms with Gasteiger partial charge in [0, 0.05) is 49.4 Å². The standard InChI is InChI=1S/C28H32N8O2S/c1-35-10-12-36(13-11-35)28-31-17-25(27(34-28)38-18-20-6-3-2-4-7-20)39-23-9-5-8-21(14-23)33-26(37)24(29)15-22-16-30-19-32-22/h2-9,14,16-17,19,24H,10-13,15,18,29H2,1H3,(H,30,32)(H,33,37). The number of carbonyl (C=O) groups is 1. The number of hydrogen-bond donors (Lipinski definition) is 3. The molecule has 10 nitrogen and oxygen atoms in total. The van der Waals surface area contributed by atoms with Gasteiger partial charge in [-0.05, 0) is 30.8 Å². The molecule has 5 rings (SSSR count). The Labute approximate surface area is 232 Å². The van der Waals surface area contributed by atoms with Gasteiger partial charge in [0.05, 0.1) is 29.2 Å². The second-order valence-corrected chi connectivity index (χ2v) is 10.5. The van der Waals surface area contributed by atoms with Crippen LogP contribution < -0.4 is 20.7 Å². The van der Waals surface area contributed by atoms with Gasteiger partial charge >= 0.3 is 0 Å². The number of ether oxygens (including phenoxy) is 1. The van der Waals surface area contributed by atoms with Crippen molar-refractivity contribution in [3.8, 4) is 5.88 Å². The first-order valence-electron chi connectivity index (χ1n) is 12.8. The maximum Gasteiger partial charge on any atom is 0.241 e. The lowest BCUT2D eigenvalue weighted by Crippen LogP contribution is -2.45. The molecule has 4 N–H and O–H groups in total. The van der Waals surface area contributed by atoms with Crippen LogP contribution in [0.1, 0.15) is 11.3 Å². The molecular weight excluding hydrogens is 512 g/mol. The molecule has 4 aromatic rings. The molecule has 1 atom stereocenters. The van der Waals surface area contributed by atoms with E-state index in [0.717, 1.165) is 47.2 Å². The molecule has 1 aliphatic rings. The molecule has 0 radical (unpaired) electrons. The van der Waals surface area contributed by atoms with E-state index in [4.69, 9.17) is 15.5 Å². The molecule has 1 aliphatic heterocycles. The first-order valence-corrected chi connectivity index (χ1v) is 13.6. The number of imidazole rings is 1. The van der Waals surface area contributed by atoms with E-state index in [0.29, 0.717) is 30.5 Å². The average Bonchev–Trinajstić information content (AvgIpc) is 3.47. The smallest absolute Gasteiger partial charge is 0.241 e. The number of H-pyrrole nitrogens is 1. The Hall–Kier alpha value is -3.93. The number of nitrogens with two attached hydrogens (primary N) is 1. The number of anilines is 2. The fourth-order valence-electron chi connectivity index (χ4n) is 4.12. The normalized spacial score (nSPS) is 14.7. The fraction of sp³-hybridized carbons (Fsp3) is 0.286. The SMILES string of the molecule is CN1CCN(c2ncc(Sc3cccc(NC(=O)C(N)Cc4c[nH]cn4)c3)c(OCc3ccccc3)n2)CC1. The minimum Gasteiger partial charge on any atom is -0.472 e. The Morgan fingerprint density at radius 2 is 1.95 bits per heavy atom. The largest absolute Gasteiger partial charge is 0.472 e. The number of benzene rings is 2. The Morgan fingerprint density at radius 1 is 1.13 bits per heavy atom. The van der Waals surface area contributed by atoms with Gasteiger partial charge in [-0.2, -0.15) is 4.98 Å². The van der Waals surface area contributed by atoms with Crippen LogP contribution in [0.25, 0.3) is 0 Å². The van der Waals surface area contributed by atoms with E-state index in [9.17, 15) is 4.79 Å². The van der Waals surface area contributed by atoms with Crippen LogP contribution in [-0.4, -0.2) is 70.0 Å². The molecule has 2 aromatic carbocycles. The number of rotatable bonds is 10. The summed E-state index contributed by atoms with van der Waals surface area (Å²) in [5.41, 5.74) is 8.55. The van der Waals surface area contributed by atoms with Crippen molar-refractivity contribution in [3.05, 3.63) is 84.6 Å². The van der Waals surface area contributed by atoms with Crippen LogP contribution in [0.3, 0.4) is 0 Å². The molecule has 1 fully saturated rings. The number of piperazine rings is 1. The molecule has 11 heteroatoms. The number of aromatic nitrogens is 4. The highest BCUT2D eigenvalue weighted by Crippen LogP contribution is 2.36. The zero-order chi connectivity index (χ0) is 27.0. The number of nitrogens with one attached hydrogen (secondary N) is 2. The van der Waals surface area contributed by atoms with Gasteiger partial charge in [0.2, 0.25) is 17.7 Å². The van der Waals surface area contributed by atoms with E-state index >= 15 is 0 Å². The number of likely N-dealkylation sites (N-methyl/N-ethyl adjacent to an activating group) is 1. The summed E-state index contributed by atoms with van der Waals surface area (Å²) in [6.45, 7) is 4.06. The van der Waals surface area contributed by atoms with Gasteiger partial charge in [-0.3, -0.25) is 4.79 Å². The summed E-state index contributed by atoms with van der Waals surface area (Å²) in [6.07, 6.45) is 5.47. The summed E-state index contributed by atoms with van der Waals surface area (Å²) in [5, 5.41) is 2.91. The van der Waals surface area contributed by atoms with E-state index in [1.807, 2.05) is 60.8 Å². The van der Waals surface area contributed by atoms with E-state index in [1.54, 1.807) is 12.5 Å². The average molecular weight is 545 g/mol. The monoisotopic (exact) mass is 544 g/mol. The maximum atomic E-state index is 12.7. The topological polar surface area (TPSA) is 125 Å². The van der Waals surface area contributed by atoms with Crippen molar-refractivity contribution < 1.29 is 9.53 Å². The van der Waals surface area contributed by atoms with E-state index in [1.165, 1.54) is 11.8 Å². The van der Waals surface area contributed by atoms with Crippen molar-refractivity contribution in [2.75, 3.05) is 43.4 Å². The number of amides is 1. The lowest BCUT2D eigenvalue weighted by molar-refractivity contribution is -0.117. The maximum absolute atomic E-state index is 12.7. The number of aromatic amines is 1. The van der Waals surface area contributed by atoms with Crippen LogP contribution in [0.2, 0.25) is 0 Å². The summed E-state index contributed by atoms with van der Waals surface area (Å²) in [7, 11) is 2.12. The van der Waals surface area contributed by atoms with Crippen LogP contribution >= 0.6 is 11.8 Å². The van der Waals surface area contributed by atoms with Gasteiger partial charge in [0.15, 0.2) is 0 Å². The molecular formula is C28H32N8O2S.